The number of methoxy groups -OCH3 is 1. The molecule has 2 aromatic rings. The fourth-order valence-electron chi connectivity index (χ4n) is 3.03. The van der Waals surface area contributed by atoms with E-state index in [4.69, 9.17) is 4.74 Å². The normalized spacial score (nSPS) is 19.9. The zero-order valence-electron chi connectivity index (χ0n) is 13.9. The van der Waals surface area contributed by atoms with Crippen molar-refractivity contribution in [3.05, 3.63) is 59.9 Å². The fraction of sp³-hybridized carbons (Fsp3) is 0.368. The molecule has 2 unspecified atom stereocenters. The number of rotatable bonds is 6. The first-order chi connectivity index (χ1) is 11.7. The maximum atomic E-state index is 12.3. The van der Waals surface area contributed by atoms with Gasteiger partial charge in [-0.2, -0.15) is 0 Å². The Morgan fingerprint density at radius 3 is 2.83 bits per heavy atom. The Morgan fingerprint density at radius 2 is 2.08 bits per heavy atom. The number of carbonyl (C=O) groups excluding carboxylic acids is 1. The van der Waals surface area contributed by atoms with Crippen molar-refractivity contribution < 1.29 is 9.53 Å². The van der Waals surface area contributed by atoms with Crippen LogP contribution < -0.4 is 10.6 Å². The molecule has 1 fully saturated rings. The van der Waals surface area contributed by atoms with E-state index in [0.29, 0.717) is 24.4 Å². The molecule has 0 radical (unpaired) electrons. The van der Waals surface area contributed by atoms with Crippen molar-refractivity contribution in [1.82, 2.24) is 10.3 Å². The van der Waals surface area contributed by atoms with Crippen LogP contribution in [0.3, 0.4) is 0 Å². The third-order valence-electron chi connectivity index (χ3n) is 4.38. The summed E-state index contributed by atoms with van der Waals surface area (Å²) in [6.07, 6.45) is 5.15. The van der Waals surface area contributed by atoms with Crippen LogP contribution in [-0.2, 0) is 11.3 Å². The molecule has 5 nitrogen and oxygen atoms in total. The minimum Gasteiger partial charge on any atom is -0.382 e. The molecule has 0 spiro atoms. The van der Waals surface area contributed by atoms with Crippen LogP contribution >= 0.6 is 0 Å². The van der Waals surface area contributed by atoms with Crippen LogP contribution in [-0.4, -0.2) is 30.1 Å². The number of anilines is 1. The van der Waals surface area contributed by atoms with Gasteiger partial charge in [0, 0.05) is 31.6 Å². The predicted octanol–water partition coefficient (Wildman–Crippen LogP) is 2.99. The number of benzene rings is 1. The van der Waals surface area contributed by atoms with Gasteiger partial charge in [0.1, 0.15) is 5.69 Å². The lowest BCUT2D eigenvalue weighted by Gasteiger charge is -2.15. The van der Waals surface area contributed by atoms with Crippen molar-refractivity contribution in [2.24, 2.45) is 0 Å². The molecule has 126 valence electrons. The topological polar surface area (TPSA) is 63.2 Å². The molecule has 0 bridgehead atoms. The van der Waals surface area contributed by atoms with Gasteiger partial charge in [-0.1, -0.05) is 30.3 Å². The Kier molecular flexibility index (Phi) is 5.43. The second kappa shape index (κ2) is 7.93. The van der Waals surface area contributed by atoms with Crippen molar-refractivity contribution in [3.63, 3.8) is 0 Å². The van der Waals surface area contributed by atoms with Crippen LogP contribution in [0.5, 0.6) is 0 Å². The van der Waals surface area contributed by atoms with E-state index in [1.165, 1.54) is 0 Å². The highest BCUT2D eigenvalue weighted by Crippen LogP contribution is 2.24. The van der Waals surface area contributed by atoms with Crippen LogP contribution in [0.2, 0.25) is 0 Å². The molecule has 1 saturated carbocycles. The summed E-state index contributed by atoms with van der Waals surface area (Å²) in [5.41, 5.74) is 2.42. The van der Waals surface area contributed by atoms with E-state index in [0.717, 1.165) is 30.5 Å². The molecule has 2 N–H and O–H groups in total. The Hall–Kier alpha value is -2.40. The molecule has 1 aromatic carbocycles. The van der Waals surface area contributed by atoms with E-state index in [1.54, 1.807) is 19.4 Å². The van der Waals surface area contributed by atoms with Crippen LogP contribution in [0.1, 0.15) is 35.3 Å². The standard InChI is InChI=1S/C19H23N3O2/c1-24-17-8-7-15(11-17)22-16-9-10-20-18(12-16)19(23)21-13-14-5-3-2-4-6-14/h2-6,9-10,12,15,17H,7-8,11,13H2,1H3,(H,20,22)(H,21,23). The molecule has 0 aliphatic heterocycles. The largest absolute Gasteiger partial charge is 0.382 e. The molecule has 1 aliphatic rings. The van der Waals surface area contributed by atoms with E-state index in [-0.39, 0.29) is 5.91 Å². The van der Waals surface area contributed by atoms with Crippen LogP contribution in [0.15, 0.2) is 48.7 Å². The predicted molar refractivity (Wildman–Crippen MR) is 93.9 cm³/mol. The number of pyridine rings is 1. The second-order valence-corrected chi connectivity index (χ2v) is 6.11. The molecule has 0 saturated heterocycles. The highest BCUT2D eigenvalue weighted by atomic mass is 16.5. The number of aromatic nitrogens is 1. The Labute approximate surface area is 142 Å². The minimum atomic E-state index is -0.163. The summed E-state index contributed by atoms with van der Waals surface area (Å²) in [6, 6.07) is 13.9. The lowest BCUT2D eigenvalue weighted by Crippen LogP contribution is -2.24. The maximum Gasteiger partial charge on any atom is 0.270 e. The first kappa shape index (κ1) is 16.5. The fourth-order valence-corrected chi connectivity index (χ4v) is 3.03. The Bertz CT molecular complexity index is 675. The molecular formula is C19H23N3O2. The summed E-state index contributed by atoms with van der Waals surface area (Å²) in [5, 5.41) is 6.38. The van der Waals surface area contributed by atoms with E-state index < -0.39 is 0 Å². The minimum absolute atomic E-state index is 0.163. The zero-order chi connectivity index (χ0) is 16.8. The van der Waals surface area contributed by atoms with Crippen LogP contribution in [0.4, 0.5) is 5.69 Å². The van der Waals surface area contributed by atoms with Crippen molar-refractivity contribution in [2.45, 2.75) is 38.0 Å². The lowest BCUT2D eigenvalue weighted by atomic mass is 10.2. The van der Waals surface area contributed by atoms with Gasteiger partial charge in [0.2, 0.25) is 0 Å². The Morgan fingerprint density at radius 1 is 1.25 bits per heavy atom. The number of hydrogen-bond donors (Lipinski definition) is 2. The van der Waals surface area contributed by atoms with Gasteiger partial charge in [0.15, 0.2) is 0 Å². The molecule has 1 heterocycles. The molecule has 1 aromatic heterocycles. The van der Waals surface area contributed by atoms with Gasteiger partial charge in [-0.25, -0.2) is 0 Å². The number of nitrogens with zero attached hydrogens (tertiary/aromatic N) is 1. The van der Waals surface area contributed by atoms with Gasteiger partial charge in [-0.15, -0.1) is 0 Å². The van der Waals surface area contributed by atoms with Crippen molar-refractivity contribution in [1.29, 1.82) is 0 Å². The molecule has 5 heteroatoms. The van der Waals surface area contributed by atoms with E-state index >= 15 is 0 Å². The van der Waals surface area contributed by atoms with Gasteiger partial charge in [-0.3, -0.25) is 9.78 Å². The van der Waals surface area contributed by atoms with Crippen LogP contribution in [0, 0.1) is 0 Å². The molecular weight excluding hydrogens is 302 g/mol. The van der Waals surface area contributed by atoms with Crippen LogP contribution in [0.25, 0.3) is 0 Å². The monoisotopic (exact) mass is 325 g/mol. The first-order valence-corrected chi connectivity index (χ1v) is 8.32. The quantitative estimate of drug-likeness (QED) is 0.857. The molecule has 1 amide bonds. The number of amides is 1. The smallest absolute Gasteiger partial charge is 0.270 e. The summed E-state index contributed by atoms with van der Waals surface area (Å²) in [6.45, 7) is 0.497. The van der Waals surface area contributed by atoms with Crippen molar-refractivity contribution in [2.75, 3.05) is 12.4 Å². The highest BCUT2D eigenvalue weighted by Gasteiger charge is 2.24. The third-order valence-corrected chi connectivity index (χ3v) is 4.38. The zero-order valence-corrected chi connectivity index (χ0v) is 13.9. The summed E-state index contributed by atoms with van der Waals surface area (Å²) < 4.78 is 5.40. The number of ether oxygens (including phenoxy) is 1. The van der Waals surface area contributed by atoms with Gasteiger partial charge < -0.3 is 15.4 Å². The van der Waals surface area contributed by atoms with Crippen molar-refractivity contribution >= 4 is 11.6 Å². The van der Waals surface area contributed by atoms with Gasteiger partial charge in [-0.05, 0) is 37.0 Å². The lowest BCUT2D eigenvalue weighted by molar-refractivity contribution is 0.0946. The second-order valence-electron chi connectivity index (χ2n) is 6.11. The molecule has 1 aliphatic carbocycles. The molecule has 24 heavy (non-hydrogen) atoms. The third kappa shape index (κ3) is 4.32. The summed E-state index contributed by atoms with van der Waals surface area (Å²) in [5.74, 6) is -0.163. The SMILES string of the molecule is COC1CCC(Nc2ccnc(C(=O)NCc3ccccc3)c2)C1. The van der Waals surface area contributed by atoms with E-state index in [9.17, 15) is 4.79 Å². The van der Waals surface area contributed by atoms with Gasteiger partial charge in [0.25, 0.3) is 5.91 Å². The van der Waals surface area contributed by atoms with Crippen molar-refractivity contribution in [3.8, 4) is 0 Å². The number of nitrogens with one attached hydrogen (secondary N) is 2. The van der Waals surface area contributed by atoms with Gasteiger partial charge in [0.05, 0.1) is 6.10 Å². The maximum absolute atomic E-state index is 12.3. The molecule has 3 rings (SSSR count). The van der Waals surface area contributed by atoms with E-state index in [1.807, 2.05) is 36.4 Å². The molecule has 2 atom stereocenters. The summed E-state index contributed by atoms with van der Waals surface area (Å²) in [4.78, 5) is 16.5. The first-order valence-electron chi connectivity index (χ1n) is 8.32. The summed E-state index contributed by atoms with van der Waals surface area (Å²) in [7, 11) is 1.76. The summed E-state index contributed by atoms with van der Waals surface area (Å²) >= 11 is 0. The number of carbonyl (C=O) groups is 1. The highest BCUT2D eigenvalue weighted by molar-refractivity contribution is 5.93. The average molecular weight is 325 g/mol. The number of hydrogen-bond acceptors (Lipinski definition) is 4. The van der Waals surface area contributed by atoms with Gasteiger partial charge >= 0.3 is 0 Å². The van der Waals surface area contributed by atoms with E-state index in [2.05, 4.69) is 15.6 Å². The average Bonchev–Trinajstić information content (AvgIpc) is 3.08. The Balaban J connectivity index is 1.57.